The molecule has 0 amide bonds. The summed E-state index contributed by atoms with van der Waals surface area (Å²) in [5.41, 5.74) is 0. The van der Waals surface area contributed by atoms with Gasteiger partial charge >= 0.3 is 11.9 Å². The zero-order chi connectivity index (χ0) is 53.4. The monoisotopic (exact) mass is 1020 g/mol. The van der Waals surface area contributed by atoms with E-state index < -0.39 is 6.10 Å². The Hall–Kier alpha value is -3.96. The quantitative estimate of drug-likeness (QED) is 0.0373. The standard InChI is InChI=1S/C69H114O5/c1-3-5-7-9-11-13-15-17-19-21-23-25-27-29-30-31-32-33-34-35-36-37-38-40-42-44-46-48-50-52-54-56-58-60-62-64-69(72)74-67(65-70)66-73-68(71)63-61-59-57-55-53-51-49-47-45-43-41-39-28-26-24-22-20-18-16-14-12-10-8-6-4-2/h5-8,11-14,17-20,23-26,29-30,32-33,39,41,67,70H,3-4,9-10,15-16,21-22,27-28,31,34-38,40,42-66H2,1-2H3/b7-5-,8-6-,13-11-,14-12-,19-17-,20-18-,25-23-,26-24-,30-29-,33-32-,41-39-. The van der Waals surface area contributed by atoms with Crippen molar-refractivity contribution in [3.63, 3.8) is 0 Å². The van der Waals surface area contributed by atoms with E-state index in [1.165, 1.54) is 135 Å². The average molecular weight is 1020 g/mol. The second-order valence-corrected chi connectivity index (χ2v) is 20.0. The molecular formula is C69H114O5. The fourth-order valence-electron chi connectivity index (χ4n) is 8.41. The molecule has 0 aliphatic heterocycles. The Kier molecular flexibility index (Phi) is 59.9. The molecule has 5 nitrogen and oxygen atoms in total. The van der Waals surface area contributed by atoms with E-state index in [1.807, 2.05) is 0 Å². The van der Waals surface area contributed by atoms with Gasteiger partial charge in [-0.15, -0.1) is 0 Å². The summed E-state index contributed by atoms with van der Waals surface area (Å²) in [4.78, 5) is 24.6. The van der Waals surface area contributed by atoms with Crippen molar-refractivity contribution in [2.75, 3.05) is 13.2 Å². The number of aliphatic hydroxyl groups excluding tert-OH is 1. The van der Waals surface area contributed by atoms with E-state index in [0.29, 0.717) is 12.8 Å². The fraction of sp³-hybridized carbons (Fsp3) is 0.652. The van der Waals surface area contributed by atoms with Crippen molar-refractivity contribution in [2.45, 2.75) is 277 Å². The van der Waals surface area contributed by atoms with Gasteiger partial charge in [0.25, 0.3) is 0 Å². The normalized spacial score (nSPS) is 13.2. The van der Waals surface area contributed by atoms with Crippen LogP contribution in [0.5, 0.6) is 0 Å². The predicted molar refractivity (Wildman–Crippen MR) is 324 cm³/mol. The van der Waals surface area contributed by atoms with Crippen LogP contribution in [0, 0.1) is 0 Å². The Morgan fingerprint density at radius 3 is 0.811 bits per heavy atom. The molecule has 0 aromatic carbocycles. The largest absolute Gasteiger partial charge is 0.462 e. The Labute approximate surface area is 457 Å². The molecule has 420 valence electrons. The van der Waals surface area contributed by atoms with Crippen molar-refractivity contribution in [3.8, 4) is 0 Å². The molecule has 1 N–H and O–H groups in total. The van der Waals surface area contributed by atoms with Gasteiger partial charge in [-0.3, -0.25) is 9.59 Å². The zero-order valence-electron chi connectivity index (χ0n) is 48.1. The Morgan fingerprint density at radius 1 is 0.311 bits per heavy atom. The molecule has 0 aromatic heterocycles. The van der Waals surface area contributed by atoms with Crippen molar-refractivity contribution in [3.05, 3.63) is 134 Å². The Morgan fingerprint density at radius 2 is 0.541 bits per heavy atom. The molecule has 0 spiro atoms. The summed E-state index contributed by atoms with van der Waals surface area (Å²) in [5.74, 6) is -0.598. The van der Waals surface area contributed by atoms with Gasteiger partial charge in [-0.05, 0) is 109 Å². The highest BCUT2D eigenvalue weighted by molar-refractivity contribution is 5.70. The van der Waals surface area contributed by atoms with Crippen LogP contribution in [0.15, 0.2) is 134 Å². The molecule has 0 rings (SSSR count). The molecule has 0 aromatic rings. The lowest BCUT2D eigenvalue weighted by atomic mass is 10.0. The van der Waals surface area contributed by atoms with Gasteiger partial charge in [-0.1, -0.05) is 282 Å². The maximum atomic E-state index is 12.3. The number of carbonyl (C=O) groups is 2. The molecule has 74 heavy (non-hydrogen) atoms. The van der Waals surface area contributed by atoms with E-state index in [9.17, 15) is 14.7 Å². The Bertz CT molecular complexity index is 1530. The number of hydrogen-bond acceptors (Lipinski definition) is 5. The van der Waals surface area contributed by atoms with Crippen LogP contribution in [0.25, 0.3) is 0 Å². The number of hydrogen-bond donors (Lipinski definition) is 1. The smallest absolute Gasteiger partial charge is 0.306 e. The summed E-state index contributed by atoms with van der Waals surface area (Å²) >= 11 is 0. The molecule has 0 aliphatic carbocycles. The van der Waals surface area contributed by atoms with Gasteiger partial charge < -0.3 is 14.6 Å². The molecule has 0 fully saturated rings. The lowest BCUT2D eigenvalue weighted by Crippen LogP contribution is -2.28. The lowest BCUT2D eigenvalue weighted by Gasteiger charge is -2.15. The van der Waals surface area contributed by atoms with Gasteiger partial charge in [0.1, 0.15) is 6.61 Å². The van der Waals surface area contributed by atoms with E-state index in [0.717, 1.165) is 109 Å². The van der Waals surface area contributed by atoms with Gasteiger partial charge in [-0.25, -0.2) is 0 Å². The van der Waals surface area contributed by atoms with Crippen LogP contribution in [0.3, 0.4) is 0 Å². The molecular weight excluding hydrogens is 909 g/mol. The van der Waals surface area contributed by atoms with Crippen LogP contribution < -0.4 is 0 Å². The minimum Gasteiger partial charge on any atom is -0.462 e. The predicted octanol–water partition coefficient (Wildman–Crippen LogP) is 21.2. The van der Waals surface area contributed by atoms with Gasteiger partial charge in [0.15, 0.2) is 6.10 Å². The van der Waals surface area contributed by atoms with Gasteiger partial charge in [0.05, 0.1) is 6.61 Å². The van der Waals surface area contributed by atoms with Crippen LogP contribution in [-0.4, -0.2) is 36.4 Å². The van der Waals surface area contributed by atoms with Crippen LogP contribution in [0.2, 0.25) is 0 Å². The number of allylic oxidation sites excluding steroid dienone is 22. The van der Waals surface area contributed by atoms with E-state index in [1.54, 1.807) is 0 Å². The highest BCUT2D eigenvalue weighted by Gasteiger charge is 2.16. The number of unbranched alkanes of at least 4 members (excludes halogenated alkanes) is 25. The van der Waals surface area contributed by atoms with Gasteiger partial charge in [0, 0.05) is 12.8 Å². The highest BCUT2D eigenvalue weighted by atomic mass is 16.6. The maximum absolute atomic E-state index is 12.3. The maximum Gasteiger partial charge on any atom is 0.306 e. The molecule has 0 aliphatic rings. The second-order valence-electron chi connectivity index (χ2n) is 20.0. The fourth-order valence-corrected chi connectivity index (χ4v) is 8.41. The molecule has 0 bridgehead atoms. The van der Waals surface area contributed by atoms with Crippen LogP contribution >= 0.6 is 0 Å². The molecule has 0 heterocycles. The van der Waals surface area contributed by atoms with Crippen molar-refractivity contribution in [1.29, 1.82) is 0 Å². The molecule has 1 atom stereocenters. The van der Waals surface area contributed by atoms with Gasteiger partial charge in [0.2, 0.25) is 0 Å². The van der Waals surface area contributed by atoms with Crippen molar-refractivity contribution >= 4 is 11.9 Å². The number of rotatable bonds is 55. The summed E-state index contributed by atoms with van der Waals surface area (Å²) in [6.45, 7) is 3.92. The SMILES string of the molecule is CC/C=C\C/C=C\C/C=C\C/C=C\C/C=C\C/C=C\CCCCCCCCCCCCCCCCCCC(=O)OC(CO)COC(=O)CCCCCCCCCCC/C=C\C/C=C\C/C=C\C/C=C\C/C=C\CC. The summed E-state index contributed by atoms with van der Waals surface area (Å²) in [6, 6.07) is 0. The topological polar surface area (TPSA) is 72.8 Å². The van der Waals surface area contributed by atoms with Crippen LogP contribution in [0.1, 0.15) is 271 Å². The minimum absolute atomic E-state index is 0.0744. The summed E-state index contributed by atoms with van der Waals surface area (Å²) < 4.78 is 10.7. The first-order valence-corrected chi connectivity index (χ1v) is 30.7. The first kappa shape index (κ1) is 70.0. The molecule has 5 heteroatoms. The van der Waals surface area contributed by atoms with E-state index in [-0.39, 0.29) is 25.2 Å². The van der Waals surface area contributed by atoms with E-state index in [4.69, 9.17) is 9.47 Å². The third-order valence-corrected chi connectivity index (χ3v) is 12.9. The summed E-state index contributed by atoms with van der Waals surface area (Å²) in [7, 11) is 0. The van der Waals surface area contributed by atoms with Gasteiger partial charge in [-0.2, -0.15) is 0 Å². The van der Waals surface area contributed by atoms with Crippen LogP contribution in [0.4, 0.5) is 0 Å². The third kappa shape index (κ3) is 60.6. The molecule has 0 radical (unpaired) electrons. The average Bonchev–Trinajstić information content (AvgIpc) is 3.40. The van der Waals surface area contributed by atoms with Crippen molar-refractivity contribution < 1.29 is 24.2 Å². The van der Waals surface area contributed by atoms with Crippen molar-refractivity contribution in [1.82, 2.24) is 0 Å². The zero-order valence-corrected chi connectivity index (χ0v) is 48.1. The number of carbonyl (C=O) groups excluding carboxylic acids is 2. The number of esters is 2. The highest BCUT2D eigenvalue weighted by Crippen LogP contribution is 2.16. The van der Waals surface area contributed by atoms with E-state index >= 15 is 0 Å². The third-order valence-electron chi connectivity index (χ3n) is 12.9. The Balaban J connectivity index is 3.51. The minimum atomic E-state index is -0.784. The van der Waals surface area contributed by atoms with Crippen molar-refractivity contribution in [2.24, 2.45) is 0 Å². The lowest BCUT2D eigenvalue weighted by molar-refractivity contribution is -0.161. The van der Waals surface area contributed by atoms with Crippen LogP contribution in [-0.2, 0) is 19.1 Å². The number of aliphatic hydroxyl groups is 1. The first-order chi connectivity index (χ1) is 36.6. The van der Waals surface area contributed by atoms with E-state index in [2.05, 4.69) is 148 Å². The first-order valence-electron chi connectivity index (χ1n) is 30.7. The summed E-state index contributed by atoms with van der Waals surface area (Å²) in [5, 5.41) is 9.68. The summed E-state index contributed by atoms with van der Waals surface area (Å²) in [6.07, 6.45) is 94.4. The molecule has 0 saturated carbocycles. The number of ether oxygens (including phenoxy) is 2. The molecule has 1 unspecified atom stereocenters. The molecule has 0 saturated heterocycles. The second kappa shape index (κ2) is 63.3.